The Hall–Kier alpha value is -0.974. The van der Waals surface area contributed by atoms with E-state index in [2.05, 4.69) is 23.3 Å². The average molecular weight is 827 g/mol. The number of hydrogen-bond acceptors (Lipinski definition) is 5. The maximum Gasteiger partial charge on any atom is 0.471 e. The molecule has 0 N–H and O–H groups in total. The first-order valence-corrected chi connectivity index (χ1v) is 6.36. The topological polar surface area (TPSA) is 61.8 Å². The monoisotopic (exact) mass is 828 g/mol. The van der Waals surface area contributed by atoms with Crippen LogP contribution < -0.4 is 0 Å². The SMILES string of the molecule is CC(C)C(C)O[C-]=O.C[C-](C(C)C)C1[CH-]OC(=O)O1.[Re].[Rf].[Rh]. The van der Waals surface area contributed by atoms with E-state index in [4.69, 9.17) is 4.74 Å². The molecule has 130 valence electrons. The van der Waals surface area contributed by atoms with Gasteiger partial charge in [0.15, 0.2) is 0 Å². The van der Waals surface area contributed by atoms with Gasteiger partial charge in [-0.15, -0.1) is 12.7 Å². The maximum atomic E-state index is 10.5. The summed E-state index contributed by atoms with van der Waals surface area (Å²) in [5.74, 6) is 1.90. The van der Waals surface area contributed by atoms with Crippen LogP contribution in [0.3, 0.4) is 0 Å². The summed E-state index contributed by atoms with van der Waals surface area (Å²) in [7, 11) is 0. The summed E-state index contributed by atoms with van der Waals surface area (Å²) in [6.07, 6.45) is -0.856. The third-order valence-electron chi connectivity index (χ3n) is 3.04. The molecule has 0 amide bonds. The normalized spacial score (nSPS) is 17.0. The van der Waals surface area contributed by atoms with E-state index in [0.717, 1.165) is 5.92 Å². The number of hydrogen-bond donors (Lipinski definition) is 0. The average Bonchev–Trinajstić information content (AvgIpc) is 2.75. The van der Waals surface area contributed by atoms with E-state index in [-0.39, 0.29) is 52.1 Å². The number of rotatable bonds is 5. The minimum atomic E-state index is -0.602. The predicted octanol–water partition coefficient (Wildman–Crippen LogP) is 3.04. The largest absolute Gasteiger partial charge is 0.651 e. The van der Waals surface area contributed by atoms with Gasteiger partial charge in [-0.3, -0.25) is 0 Å². The van der Waals surface area contributed by atoms with Crippen molar-refractivity contribution in [2.24, 2.45) is 11.8 Å². The molecule has 2 radical (unpaired) electrons. The molecule has 1 fully saturated rings. The molecule has 8 heteroatoms. The fourth-order valence-electron chi connectivity index (χ4n) is 1.02. The Kier molecular flexibility index (Phi) is 19.8. The Morgan fingerprint density at radius 3 is 2.00 bits per heavy atom. The first-order chi connectivity index (χ1) is 8.79. The van der Waals surface area contributed by atoms with Gasteiger partial charge in [-0.05, 0) is 12.8 Å². The van der Waals surface area contributed by atoms with Crippen LogP contribution in [-0.2, 0) is 58.9 Å². The zero-order chi connectivity index (χ0) is 15.0. The van der Waals surface area contributed by atoms with E-state index < -0.39 is 6.16 Å². The van der Waals surface area contributed by atoms with Gasteiger partial charge in [0.1, 0.15) is 0 Å². The Labute approximate surface area is 154 Å². The Morgan fingerprint density at radius 1 is 1.27 bits per heavy atom. The summed E-state index contributed by atoms with van der Waals surface area (Å²) in [6, 6.07) is 0. The van der Waals surface area contributed by atoms with E-state index in [9.17, 15) is 9.59 Å². The van der Waals surface area contributed by atoms with Gasteiger partial charge in [0, 0.05) is 39.9 Å². The van der Waals surface area contributed by atoms with Crippen molar-refractivity contribution in [2.75, 3.05) is 0 Å². The second kappa shape index (κ2) is 14.9. The predicted molar refractivity (Wildman–Crippen MR) is 70.5 cm³/mol. The van der Waals surface area contributed by atoms with Gasteiger partial charge in [-0.25, -0.2) is 4.79 Å². The third-order valence-corrected chi connectivity index (χ3v) is 3.04. The molecule has 0 saturated carbocycles. The summed E-state index contributed by atoms with van der Waals surface area (Å²) in [5, 5.41) is 0. The smallest absolute Gasteiger partial charge is 0.471 e. The fraction of sp³-hybridized carbons (Fsp3) is 0.714. The van der Waals surface area contributed by atoms with E-state index >= 15 is 0 Å². The van der Waals surface area contributed by atoms with Gasteiger partial charge >= 0.3 is 6.16 Å². The molecular formula is C14H23O5ReRfRh-3. The van der Waals surface area contributed by atoms with Gasteiger partial charge in [-0.1, -0.05) is 34.2 Å². The fourth-order valence-corrected chi connectivity index (χ4v) is 1.02. The minimum Gasteiger partial charge on any atom is -0.651 e. The van der Waals surface area contributed by atoms with Gasteiger partial charge in [0.05, 0.1) is 6.10 Å². The van der Waals surface area contributed by atoms with Gasteiger partial charge in [-0.2, -0.15) is 12.8 Å². The summed E-state index contributed by atoms with van der Waals surface area (Å²) in [6.45, 7) is 14.7. The first-order valence-electron chi connectivity index (χ1n) is 6.36. The molecule has 1 aliphatic rings. The van der Waals surface area contributed by atoms with Crippen molar-refractivity contribution in [3.8, 4) is 0 Å². The van der Waals surface area contributed by atoms with Crippen LogP contribution in [-0.4, -0.2) is 24.8 Å². The molecule has 5 nitrogen and oxygen atoms in total. The zero-order valence-electron chi connectivity index (χ0n) is 13.8. The summed E-state index contributed by atoms with van der Waals surface area (Å²) in [5.41, 5.74) is 0. The van der Waals surface area contributed by atoms with Crippen LogP contribution >= 0.6 is 0 Å². The van der Waals surface area contributed by atoms with E-state index in [1.165, 1.54) is 13.1 Å². The molecule has 0 aromatic rings. The van der Waals surface area contributed by atoms with Crippen molar-refractivity contribution in [1.82, 2.24) is 0 Å². The van der Waals surface area contributed by atoms with E-state index in [1.54, 1.807) is 0 Å². The number of carbonyl (C=O) groups is 1. The van der Waals surface area contributed by atoms with Crippen LogP contribution in [0.2, 0.25) is 0 Å². The molecule has 0 bridgehead atoms. The summed E-state index contributed by atoms with van der Waals surface area (Å²) in [4.78, 5) is 20.1. The number of ether oxygens (including phenoxy) is 3. The Bertz CT molecular complexity index is 292. The van der Waals surface area contributed by atoms with E-state index in [1.807, 2.05) is 27.7 Å². The Morgan fingerprint density at radius 2 is 1.77 bits per heavy atom. The molecule has 1 saturated heterocycles. The van der Waals surface area contributed by atoms with Crippen LogP contribution in [0.5, 0.6) is 0 Å². The third kappa shape index (κ3) is 11.7. The van der Waals surface area contributed by atoms with Gasteiger partial charge in [0.2, 0.25) is 0 Å². The molecule has 0 spiro atoms. The van der Waals surface area contributed by atoms with Gasteiger partial charge < -0.3 is 24.9 Å². The van der Waals surface area contributed by atoms with Crippen LogP contribution in [0.4, 0.5) is 4.79 Å². The summed E-state index contributed by atoms with van der Waals surface area (Å²) < 4.78 is 13.9. The van der Waals surface area contributed by atoms with Crippen LogP contribution in [0.25, 0.3) is 0 Å². The molecule has 1 heterocycles. The van der Waals surface area contributed by atoms with Crippen molar-refractivity contribution < 1.29 is 63.7 Å². The maximum absolute atomic E-state index is 10.5. The van der Waals surface area contributed by atoms with Gasteiger partial charge in [0.25, 0.3) is 0 Å². The van der Waals surface area contributed by atoms with Crippen LogP contribution in [0.1, 0.15) is 41.5 Å². The minimum absolute atomic E-state index is 0. The molecule has 22 heavy (non-hydrogen) atoms. The summed E-state index contributed by atoms with van der Waals surface area (Å²) >= 11 is 0. The number of cyclic esters (lactones) is 2. The second-order valence-corrected chi connectivity index (χ2v) is 5.09. The molecular weight excluding hydrogens is 804 g/mol. The molecule has 1 rings (SSSR count). The number of carbonyl (C=O) groups excluding carboxylic acids is 2. The quantitative estimate of drug-likeness (QED) is 0.243. The van der Waals surface area contributed by atoms with Crippen LogP contribution in [0.15, 0.2) is 0 Å². The van der Waals surface area contributed by atoms with E-state index in [0.29, 0.717) is 11.8 Å². The van der Waals surface area contributed by atoms with Crippen molar-refractivity contribution in [1.29, 1.82) is 0 Å². The molecule has 2 unspecified atom stereocenters. The van der Waals surface area contributed by atoms with Crippen molar-refractivity contribution in [3.05, 3.63) is 12.5 Å². The molecule has 0 aromatic carbocycles. The van der Waals surface area contributed by atoms with Crippen molar-refractivity contribution >= 4 is 12.6 Å². The van der Waals surface area contributed by atoms with Crippen molar-refractivity contribution in [2.45, 2.75) is 53.8 Å². The first kappa shape index (κ1) is 29.1. The molecule has 1 aliphatic heterocycles. The standard InChI is InChI=1S/C8H12O3.C6H11O2.Re.Rf.Rh/c1-5(2)6(3)7-4-10-8(9)11-7;1-5(2)6(3)8-4-7;;;/h4-5,7H,1-3H3;5-6H,1-3H3;;;/q-2;-1;;;. The van der Waals surface area contributed by atoms with Crippen LogP contribution in [0, 0.1) is 24.4 Å². The Balaban J connectivity index is -0.000000135. The zero-order valence-corrected chi connectivity index (χ0v) is 24.6. The molecule has 2 atom stereocenters. The van der Waals surface area contributed by atoms with Crippen molar-refractivity contribution in [3.63, 3.8) is 0 Å². The molecule has 0 aromatic heterocycles. The second-order valence-electron chi connectivity index (χ2n) is 5.09. The molecule has 0 aliphatic carbocycles.